The van der Waals surface area contributed by atoms with E-state index in [0.717, 1.165) is 25.7 Å². The summed E-state index contributed by atoms with van der Waals surface area (Å²) in [7, 11) is 0. The molecule has 17 heavy (non-hydrogen) atoms. The summed E-state index contributed by atoms with van der Waals surface area (Å²) in [5, 5.41) is 3.57. The summed E-state index contributed by atoms with van der Waals surface area (Å²) in [6, 6.07) is 2.90. The molecule has 1 aliphatic rings. The molecular weight excluding hydrogens is 210 g/mol. The number of pyridine rings is 1. The van der Waals surface area contributed by atoms with E-state index in [1.807, 2.05) is 12.4 Å². The quantitative estimate of drug-likeness (QED) is 0.784. The van der Waals surface area contributed by atoms with E-state index in [9.17, 15) is 0 Å². The third-order valence-electron chi connectivity index (χ3n) is 3.25. The van der Waals surface area contributed by atoms with Gasteiger partial charge in [-0.05, 0) is 32.3 Å². The minimum Gasteiger partial charge on any atom is -0.371 e. The maximum absolute atomic E-state index is 4.25. The van der Waals surface area contributed by atoms with Gasteiger partial charge in [0.2, 0.25) is 0 Å². The highest BCUT2D eigenvalue weighted by Gasteiger charge is 2.20. The average Bonchev–Trinajstić information content (AvgIpc) is 3.18. The largest absolute Gasteiger partial charge is 0.371 e. The second-order valence-electron chi connectivity index (χ2n) is 4.74. The van der Waals surface area contributed by atoms with Crippen LogP contribution in [-0.4, -0.2) is 24.1 Å². The lowest BCUT2D eigenvalue weighted by Crippen LogP contribution is -2.26. The van der Waals surface area contributed by atoms with Gasteiger partial charge >= 0.3 is 0 Å². The monoisotopic (exact) mass is 233 g/mol. The van der Waals surface area contributed by atoms with E-state index in [0.29, 0.717) is 0 Å². The zero-order valence-corrected chi connectivity index (χ0v) is 10.9. The summed E-state index contributed by atoms with van der Waals surface area (Å²) in [5.74, 6) is 0. The number of nitrogens with zero attached hydrogens (tertiary/aromatic N) is 2. The van der Waals surface area contributed by atoms with E-state index in [-0.39, 0.29) is 0 Å². The third kappa shape index (κ3) is 3.43. The van der Waals surface area contributed by atoms with Crippen LogP contribution in [0.25, 0.3) is 0 Å². The first-order valence-electron chi connectivity index (χ1n) is 6.76. The van der Waals surface area contributed by atoms with E-state index in [2.05, 4.69) is 35.1 Å². The van der Waals surface area contributed by atoms with Gasteiger partial charge in [0.25, 0.3) is 0 Å². The Balaban J connectivity index is 2.06. The summed E-state index contributed by atoms with van der Waals surface area (Å²) in [6.07, 6.45) is 7.76. The van der Waals surface area contributed by atoms with Crippen LogP contribution in [0.2, 0.25) is 0 Å². The fourth-order valence-electron chi connectivity index (χ4n) is 2.13. The topological polar surface area (TPSA) is 28.2 Å². The Morgan fingerprint density at radius 3 is 2.88 bits per heavy atom. The van der Waals surface area contributed by atoms with Gasteiger partial charge in [-0.3, -0.25) is 4.98 Å². The van der Waals surface area contributed by atoms with Crippen molar-refractivity contribution in [3.8, 4) is 0 Å². The maximum Gasteiger partial charge on any atom is 0.0442 e. The van der Waals surface area contributed by atoms with Gasteiger partial charge < -0.3 is 10.2 Å². The molecule has 0 aliphatic heterocycles. The third-order valence-corrected chi connectivity index (χ3v) is 3.25. The molecule has 1 aromatic heterocycles. The summed E-state index contributed by atoms with van der Waals surface area (Å²) in [5.41, 5.74) is 2.67. The van der Waals surface area contributed by atoms with Crippen molar-refractivity contribution in [2.24, 2.45) is 0 Å². The zero-order chi connectivity index (χ0) is 12.1. The minimum absolute atomic E-state index is 0.754. The van der Waals surface area contributed by atoms with Crippen molar-refractivity contribution >= 4 is 5.69 Å². The number of aromatic nitrogens is 1. The van der Waals surface area contributed by atoms with E-state index >= 15 is 0 Å². The van der Waals surface area contributed by atoms with Gasteiger partial charge in [-0.2, -0.15) is 0 Å². The van der Waals surface area contributed by atoms with E-state index < -0.39 is 0 Å². The zero-order valence-electron chi connectivity index (χ0n) is 10.9. The van der Waals surface area contributed by atoms with Gasteiger partial charge in [-0.15, -0.1) is 0 Å². The molecular formula is C14H23N3. The van der Waals surface area contributed by atoms with Crippen LogP contribution in [0.5, 0.6) is 0 Å². The van der Waals surface area contributed by atoms with Gasteiger partial charge in [-0.1, -0.05) is 6.92 Å². The lowest BCUT2D eigenvalue weighted by atomic mass is 10.2. The van der Waals surface area contributed by atoms with E-state index in [4.69, 9.17) is 0 Å². The molecule has 0 aromatic carbocycles. The molecule has 1 aromatic rings. The first-order chi connectivity index (χ1) is 8.35. The summed E-state index contributed by atoms with van der Waals surface area (Å²) < 4.78 is 0. The lowest BCUT2D eigenvalue weighted by molar-refractivity contribution is 0.680. The minimum atomic E-state index is 0.754. The standard InChI is InChI=1S/C14H23N3/c1-3-9-17(4-2)14-7-8-15-10-12(14)11-16-13-5-6-13/h7-8,10,13,16H,3-6,9,11H2,1-2H3. The predicted octanol–water partition coefficient (Wildman–Crippen LogP) is 2.57. The number of rotatable bonds is 7. The molecule has 0 spiro atoms. The molecule has 94 valence electrons. The van der Waals surface area contributed by atoms with Crippen LogP contribution in [-0.2, 0) is 6.54 Å². The van der Waals surface area contributed by atoms with Crippen molar-refractivity contribution < 1.29 is 0 Å². The Morgan fingerprint density at radius 1 is 1.41 bits per heavy atom. The highest BCUT2D eigenvalue weighted by atomic mass is 15.1. The van der Waals surface area contributed by atoms with Crippen molar-refractivity contribution in [3.63, 3.8) is 0 Å². The van der Waals surface area contributed by atoms with E-state index in [1.54, 1.807) is 0 Å². The van der Waals surface area contributed by atoms with Crippen molar-refractivity contribution in [1.82, 2.24) is 10.3 Å². The smallest absolute Gasteiger partial charge is 0.0442 e. The molecule has 0 atom stereocenters. The summed E-state index contributed by atoms with van der Waals surface area (Å²) in [6.45, 7) is 7.58. The average molecular weight is 233 g/mol. The van der Waals surface area contributed by atoms with Gasteiger partial charge in [0.05, 0.1) is 0 Å². The number of nitrogens with one attached hydrogen (secondary N) is 1. The SMILES string of the molecule is CCCN(CC)c1ccncc1CNC1CC1. The van der Waals surface area contributed by atoms with Crippen molar-refractivity contribution in [3.05, 3.63) is 24.0 Å². The number of hydrogen-bond donors (Lipinski definition) is 1. The molecule has 2 rings (SSSR count). The highest BCUT2D eigenvalue weighted by molar-refractivity contribution is 5.52. The van der Waals surface area contributed by atoms with Gasteiger partial charge in [0, 0.05) is 49.3 Å². The van der Waals surface area contributed by atoms with Crippen LogP contribution in [0.3, 0.4) is 0 Å². The Labute approximate surface area is 104 Å². The van der Waals surface area contributed by atoms with Crippen LogP contribution in [0.15, 0.2) is 18.5 Å². The Bertz CT molecular complexity index is 347. The molecule has 1 N–H and O–H groups in total. The number of hydrogen-bond acceptors (Lipinski definition) is 3. The second kappa shape index (κ2) is 6.01. The molecule has 1 heterocycles. The molecule has 0 amide bonds. The van der Waals surface area contributed by atoms with Crippen LogP contribution >= 0.6 is 0 Å². The maximum atomic E-state index is 4.25. The van der Waals surface area contributed by atoms with Gasteiger partial charge in [0.1, 0.15) is 0 Å². The molecule has 3 nitrogen and oxygen atoms in total. The molecule has 0 radical (unpaired) electrons. The fraction of sp³-hybridized carbons (Fsp3) is 0.643. The van der Waals surface area contributed by atoms with Crippen LogP contribution < -0.4 is 10.2 Å². The van der Waals surface area contributed by atoms with Gasteiger partial charge in [-0.25, -0.2) is 0 Å². The van der Waals surface area contributed by atoms with Crippen molar-refractivity contribution in [2.45, 2.75) is 45.7 Å². The molecule has 0 saturated heterocycles. The molecule has 1 fully saturated rings. The first kappa shape index (κ1) is 12.4. The Morgan fingerprint density at radius 2 is 2.24 bits per heavy atom. The van der Waals surface area contributed by atoms with Crippen LogP contribution in [0.4, 0.5) is 5.69 Å². The van der Waals surface area contributed by atoms with Gasteiger partial charge in [0.15, 0.2) is 0 Å². The van der Waals surface area contributed by atoms with Crippen molar-refractivity contribution in [1.29, 1.82) is 0 Å². The lowest BCUT2D eigenvalue weighted by Gasteiger charge is -2.25. The Kier molecular flexibility index (Phi) is 4.37. The summed E-state index contributed by atoms with van der Waals surface area (Å²) in [4.78, 5) is 6.69. The van der Waals surface area contributed by atoms with Crippen molar-refractivity contribution in [2.75, 3.05) is 18.0 Å². The summed E-state index contributed by atoms with van der Waals surface area (Å²) >= 11 is 0. The highest BCUT2D eigenvalue weighted by Crippen LogP contribution is 2.23. The van der Waals surface area contributed by atoms with Crippen LogP contribution in [0.1, 0.15) is 38.7 Å². The first-order valence-corrected chi connectivity index (χ1v) is 6.76. The molecule has 1 saturated carbocycles. The molecule has 1 aliphatic carbocycles. The fourth-order valence-corrected chi connectivity index (χ4v) is 2.13. The Hall–Kier alpha value is -1.09. The van der Waals surface area contributed by atoms with Crippen LogP contribution in [0, 0.1) is 0 Å². The predicted molar refractivity (Wildman–Crippen MR) is 72.3 cm³/mol. The second-order valence-corrected chi connectivity index (χ2v) is 4.74. The normalized spacial score (nSPS) is 14.9. The number of anilines is 1. The molecule has 3 heteroatoms. The molecule has 0 unspecified atom stereocenters. The molecule has 0 bridgehead atoms. The van der Waals surface area contributed by atoms with E-state index in [1.165, 1.54) is 30.5 Å².